The fourth-order valence-electron chi connectivity index (χ4n) is 0.729. The van der Waals surface area contributed by atoms with Crippen molar-refractivity contribution >= 4 is 5.91 Å². The Kier molecular flexibility index (Phi) is 8.51. The van der Waals surface area contributed by atoms with Crippen LogP contribution in [0.5, 0.6) is 0 Å². The van der Waals surface area contributed by atoms with E-state index in [1.54, 1.807) is 0 Å². The summed E-state index contributed by atoms with van der Waals surface area (Å²) in [6.07, 6.45) is 1.06. The first kappa shape index (κ1) is 13.4. The lowest BCUT2D eigenvalue weighted by Gasteiger charge is -2.07. The van der Waals surface area contributed by atoms with Crippen molar-refractivity contribution in [2.45, 2.75) is 20.3 Å². The molecule has 0 aliphatic heterocycles. The number of hydroxylamine groups is 1. The fourth-order valence-corrected chi connectivity index (χ4v) is 0.729. The number of nitrogens with one attached hydrogen (secondary N) is 1. The molecular weight excluding hydrogens is 184 g/mol. The molecule has 0 rings (SSSR count). The van der Waals surface area contributed by atoms with Crippen LogP contribution in [0.25, 0.3) is 0 Å². The van der Waals surface area contributed by atoms with Gasteiger partial charge in [-0.1, -0.05) is 13.8 Å². The van der Waals surface area contributed by atoms with Crippen LogP contribution in [0.4, 0.5) is 0 Å². The van der Waals surface area contributed by atoms with E-state index in [0.29, 0.717) is 19.1 Å². The standard InChI is InChI=1S/C9H20N2O3/c1-8(2)3-5-13-6-4-11-14-7-9(10)12/h8,11H,3-7H2,1-2H3,(H2,10,12). The number of nitrogens with two attached hydrogens (primary N) is 1. The molecule has 0 aromatic heterocycles. The SMILES string of the molecule is CC(C)CCOCCNOCC(N)=O. The lowest BCUT2D eigenvalue weighted by molar-refractivity contribution is -0.125. The molecule has 0 fully saturated rings. The van der Waals surface area contributed by atoms with Crippen molar-refractivity contribution in [2.75, 3.05) is 26.4 Å². The first-order chi connectivity index (χ1) is 6.63. The van der Waals surface area contributed by atoms with E-state index in [1.165, 1.54) is 0 Å². The zero-order valence-electron chi connectivity index (χ0n) is 8.91. The third-order valence-corrected chi connectivity index (χ3v) is 1.50. The normalized spacial score (nSPS) is 10.8. The maximum Gasteiger partial charge on any atom is 0.245 e. The van der Waals surface area contributed by atoms with Crippen molar-refractivity contribution in [3.8, 4) is 0 Å². The number of hydrogen-bond acceptors (Lipinski definition) is 4. The molecule has 14 heavy (non-hydrogen) atoms. The fraction of sp³-hybridized carbons (Fsp3) is 0.889. The van der Waals surface area contributed by atoms with Gasteiger partial charge in [-0.05, 0) is 12.3 Å². The van der Waals surface area contributed by atoms with E-state index in [1.807, 2.05) is 0 Å². The van der Waals surface area contributed by atoms with Gasteiger partial charge in [-0.3, -0.25) is 9.63 Å². The van der Waals surface area contributed by atoms with Gasteiger partial charge in [0.1, 0.15) is 6.61 Å². The Hall–Kier alpha value is -0.650. The second-order valence-corrected chi connectivity index (χ2v) is 3.44. The zero-order valence-corrected chi connectivity index (χ0v) is 8.91. The van der Waals surface area contributed by atoms with Gasteiger partial charge in [0, 0.05) is 13.2 Å². The van der Waals surface area contributed by atoms with Gasteiger partial charge in [-0.2, -0.15) is 5.48 Å². The molecule has 3 N–H and O–H groups in total. The lowest BCUT2D eigenvalue weighted by Crippen LogP contribution is -2.27. The van der Waals surface area contributed by atoms with Gasteiger partial charge in [0.25, 0.3) is 0 Å². The van der Waals surface area contributed by atoms with Gasteiger partial charge in [0.15, 0.2) is 0 Å². The molecule has 84 valence electrons. The van der Waals surface area contributed by atoms with Crippen LogP contribution in [0.1, 0.15) is 20.3 Å². The van der Waals surface area contributed by atoms with Gasteiger partial charge in [-0.15, -0.1) is 0 Å². The molecule has 0 aromatic carbocycles. The minimum Gasteiger partial charge on any atom is -0.380 e. The van der Waals surface area contributed by atoms with E-state index in [0.717, 1.165) is 13.0 Å². The van der Waals surface area contributed by atoms with Crippen LogP contribution < -0.4 is 11.2 Å². The smallest absolute Gasteiger partial charge is 0.245 e. The zero-order chi connectivity index (χ0) is 10.8. The summed E-state index contributed by atoms with van der Waals surface area (Å²) < 4.78 is 5.29. The number of amides is 1. The molecule has 0 unspecified atom stereocenters. The highest BCUT2D eigenvalue weighted by Gasteiger charge is 1.95. The van der Waals surface area contributed by atoms with E-state index >= 15 is 0 Å². The molecular formula is C9H20N2O3. The average molecular weight is 204 g/mol. The van der Waals surface area contributed by atoms with Crippen molar-refractivity contribution in [3.63, 3.8) is 0 Å². The second kappa shape index (κ2) is 8.93. The summed E-state index contributed by atoms with van der Waals surface area (Å²) in [7, 11) is 0. The summed E-state index contributed by atoms with van der Waals surface area (Å²) in [4.78, 5) is 15.0. The first-order valence-electron chi connectivity index (χ1n) is 4.83. The van der Waals surface area contributed by atoms with Crippen molar-refractivity contribution in [3.05, 3.63) is 0 Å². The Labute approximate surface area is 84.9 Å². The Morgan fingerprint density at radius 1 is 1.43 bits per heavy atom. The van der Waals surface area contributed by atoms with Gasteiger partial charge in [-0.25, -0.2) is 0 Å². The van der Waals surface area contributed by atoms with Crippen molar-refractivity contribution in [2.24, 2.45) is 11.7 Å². The van der Waals surface area contributed by atoms with Crippen LogP contribution in [0.2, 0.25) is 0 Å². The van der Waals surface area contributed by atoms with Crippen LogP contribution in [-0.2, 0) is 14.4 Å². The monoisotopic (exact) mass is 204 g/mol. The molecule has 0 saturated heterocycles. The van der Waals surface area contributed by atoms with Crippen LogP contribution >= 0.6 is 0 Å². The van der Waals surface area contributed by atoms with Crippen molar-refractivity contribution in [1.82, 2.24) is 5.48 Å². The molecule has 0 aliphatic rings. The number of primary amides is 1. The van der Waals surface area contributed by atoms with E-state index in [2.05, 4.69) is 19.3 Å². The Morgan fingerprint density at radius 2 is 2.14 bits per heavy atom. The number of hydrogen-bond donors (Lipinski definition) is 2. The number of carbonyl (C=O) groups is 1. The van der Waals surface area contributed by atoms with Crippen LogP contribution in [0, 0.1) is 5.92 Å². The quantitative estimate of drug-likeness (QED) is 0.411. The van der Waals surface area contributed by atoms with E-state index in [-0.39, 0.29) is 6.61 Å². The van der Waals surface area contributed by atoms with Crippen molar-refractivity contribution in [1.29, 1.82) is 0 Å². The molecule has 0 bridgehead atoms. The lowest BCUT2D eigenvalue weighted by atomic mass is 10.1. The van der Waals surface area contributed by atoms with E-state index in [4.69, 9.17) is 15.3 Å². The molecule has 0 saturated carbocycles. The highest BCUT2D eigenvalue weighted by Crippen LogP contribution is 1.97. The summed E-state index contributed by atoms with van der Waals surface area (Å²) in [5, 5.41) is 0. The first-order valence-corrected chi connectivity index (χ1v) is 4.83. The predicted octanol–water partition coefficient (Wildman–Crippen LogP) is 0.0556. The molecule has 1 amide bonds. The average Bonchev–Trinajstić information content (AvgIpc) is 2.08. The van der Waals surface area contributed by atoms with Crippen LogP contribution in [0.15, 0.2) is 0 Å². The van der Waals surface area contributed by atoms with E-state index in [9.17, 15) is 4.79 Å². The topological polar surface area (TPSA) is 73.6 Å². The van der Waals surface area contributed by atoms with E-state index < -0.39 is 5.91 Å². The molecule has 0 heterocycles. The minimum absolute atomic E-state index is 0.105. The number of ether oxygens (including phenoxy) is 1. The molecule has 0 atom stereocenters. The molecule has 0 spiro atoms. The maximum absolute atomic E-state index is 10.2. The Balaban J connectivity index is 2.96. The third kappa shape index (κ3) is 11.4. The largest absolute Gasteiger partial charge is 0.380 e. The highest BCUT2D eigenvalue weighted by atomic mass is 16.6. The summed E-state index contributed by atoms with van der Waals surface area (Å²) in [5.41, 5.74) is 7.43. The summed E-state index contributed by atoms with van der Waals surface area (Å²) in [6, 6.07) is 0. The van der Waals surface area contributed by atoms with Crippen LogP contribution in [0.3, 0.4) is 0 Å². The van der Waals surface area contributed by atoms with Crippen LogP contribution in [-0.4, -0.2) is 32.3 Å². The van der Waals surface area contributed by atoms with Crippen molar-refractivity contribution < 1.29 is 14.4 Å². The summed E-state index contributed by atoms with van der Waals surface area (Å²) in [6.45, 7) is 6.09. The molecule has 0 aliphatic carbocycles. The summed E-state index contributed by atoms with van der Waals surface area (Å²) >= 11 is 0. The second-order valence-electron chi connectivity index (χ2n) is 3.44. The molecule has 0 aromatic rings. The van der Waals surface area contributed by atoms with Gasteiger partial charge < -0.3 is 10.5 Å². The Morgan fingerprint density at radius 3 is 2.71 bits per heavy atom. The van der Waals surface area contributed by atoms with Gasteiger partial charge in [0.05, 0.1) is 6.61 Å². The third-order valence-electron chi connectivity index (χ3n) is 1.50. The molecule has 0 radical (unpaired) electrons. The predicted molar refractivity (Wildman–Crippen MR) is 53.4 cm³/mol. The number of carbonyl (C=O) groups excluding carboxylic acids is 1. The van der Waals surface area contributed by atoms with Gasteiger partial charge in [0.2, 0.25) is 5.91 Å². The molecule has 5 nitrogen and oxygen atoms in total. The maximum atomic E-state index is 10.2. The highest BCUT2D eigenvalue weighted by molar-refractivity contribution is 5.74. The van der Waals surface area contributed by atoms with Gasteiger partial charge >= 0.3 is 0 Å². The summed E-state index contributed by atoms with van der Waals surface area (Å²) in [5.74, 6) is 0.173. The number of rotatable bonds is 9. The molecule has 5 heteroatoms. The Bertz CT molecular complexity index is 151. The minimum atomic E-state index is -0.488.